The molecule has 1 aromatic heterocycles. The topological polar surface area (TPSA) is 30.7 Å². The smallest absolute Gasteiger partial charge is 0.220 e. The van der Waals surface area contributed by atoms with Crippen LogP contribution >= 0.6 is 11.6 Å². The van der Waals surface area contributed by atoms with Gasteiger partial charge in [0.1, 0.15) is 6.33 Å². The highest BCUT2D eigenvalue weighted by molar-refractivity contribution is 6.28. The molecule has 1 heterocycles. The molecule has 0 fully saturated rings. The van der Waals surface area contributed by atoms with Crippen molar-refractivity contribution in [3.8, 4) is 0 Å². The number of halogens is 1. The monoisotopic (exact) mass is 120 g/mol. The van der Waals surface area contributed by atoms with E-state index in [9.17, 15) is 0 Å². The zero-order valence-electron chi connectivity index (χ0n) is 6.30. The summed E-state index contributed by atoms with van der Waals surface area (Å²) >= 11 is 5.35. The molecular weight excluding hydrogens is 114 g/mol. The van der Waals surface area contributed by atoms with Crippen molar-refractivity contribution in [1.29, 1.82) is 0 Å². The summed E-state index contributed by atoms with van der Waals surface area (Å²) in [5.74, 6) is 0. The predicted molar refractivity (Wildman–Crippen MR) is 26.0 cm³/mol. The maximum Gasteiger partial charge on any atom is 0.220 e. The van der Waals surface area contributed by atoms with Crippen molar-refractivity contribution in [2.45, 2.75) is 0 Å². The highest BCUT2D eigenvalue weighted by atomic mass is 35.5. The van der Waals surface area contributed by atoms with E-state index in [-0.39, 0.29) is 5.28 Å². The average Bonchev–Trinajstić information content (AvgIpc) is 2.11. The zero-order chi connectivity index (χ0) is 7.78. The van der Waals surface area contributed by atoms with Gasteiger partial charge in [0.05, 0.1) is 0 Å². The van der Waals surface area contributed by atoms with Crippen LogP contribution in [0.2, 0.25) is 5.28 Å². The van der Waals surface area contributed by atoms with Crippen LogP contribution in [0.15, 0.2) is 6.33 Å². The van der Waals surface area contributed by atoms with Crippen molar-refractivity contribution >= 4 is 11.6 Å². The van der Waals surface area contributed by atoms with E-state index in [2.05, 4.69) is 10.1 Å². The lowest BCUT2D eigenvalue weighted by Crippen LogP contribution is -1.87. The van der Waals surface area contributed by atoms with Gasteiger partial charge in [-0.2, -0.15) is 5.10 Å². The fraction of sp³-hybridized carbons (Fsp3) is 0.333. The number of rotatable bonds is 0. The summed E-state index contributed by atoms with van der Waals surface area (Å²) in [5, 5.41) is 3.27. The Kier molecular flexibility index (Phi) is 0.457. The van der Waals surface area contributed by atoms with Gasteiger partial charge in [-0.3, -0.25) is 0 Å². The summed E-state index contributed by atoms with van der Waals surface area (Å²) < 4.78 is 21.2. The predicted octanol–water partition coefficient (Wildman–Crippen LogP) is 0.469. The van der Waals surface area contributed by atoms with Crippen LogP contribution in [0.3, 0.4) is 0 Å². The largest absolute Gasteiger partial charge is 0.240 e. The molecule has 0 saturated carbocycles. The van der Waals surface area contributed by atoms with Gasteiger partial charge in [0, 0.05) is 11.1 Å². The Bertz CT molecular complexity index is 229. The molecule has 0 N–H and O–H groups in total. The van der Waals surface area contributed by atoms with Gasteiger partial charge in [-0.15, -0.1) is 0 Å². The molecule has 0 spiro atoms. The molecule has 0 aliphatic rings. The van der Waals surface area contributed by atoms with Crippen LogP contribution in [0.4, 0.5) is 0 Å². The lowest BCUT2D eigenvalue weighted by molar-refractivity contribution is 0.767. The minimum Gasteiger partial charge on any atom is -0.240 e. The van der Waals surface area contributed by atoms with Crippen LogP contribution in [0.5, 0.6) is 0 Å². The molecule has 0 atom stereocenters. The molecule has 0 aromatic carbocycles. The second-order valence-electron chi connectivity index (χ2n) is 0.941. The van der Waals surface area contributed by atoms with E-state index in [1.54, 1.807) is 0 Å². The van der Waals surface area contributed by atoms with Gasteiger partial charge >= 0.3 is 0 Å². The van der Waals surface area contributed by atoms with Crippen molar-refractivity contribution in [3.05, 3.63) is 11.6 Å². The first-order valence-electron chi connectivity index (χ1n) is 3.08. The van der Waals surface area contributed by atoms with E-state index < -0.39 is 6.98 Å². The molecule has 0 aliphatic carbocycles. The molecule has 1 rings (SSSR count). The Hall–Kier alpha value is -0.570. The van der Waals surface area contributed by atoms with Crippen LogP contribution in [0.25, 0.3) is 0 Å². The van der Waals surface area contributed by atoms with E-state index in [4.69, 9.17) is 15.7 Å². The van der Waals surface area contributed by atoms with Crippen LogP contribution in [-0.4, -0.2) is 14.8 Å². The van der Waals surface area contributed by atoms with Crippen LogP contribution in [0.1, 0.15) is 4.11 Å². The summed E-state index contributed by atoms with van der Waals surface area (Å²) in [4.78, 5) is 3.44. The third-order valence-electron chi connectivity index (χ3n) is 0.506. The second-order valence-corrected chi connectivity index (χ2v) is 1.28. The molecule has 0 radical (unpaired) electrons. The lowest BCUT2D eigenvalue weighted by atomic mass is 11.2. The van der Waals surface area contributed by atoms with Gasteiger partial charge in [-0.05, 0) is 11.6 Å². The van der Waals surface area contributed by atoms with Crippen molar-refractivity contribution in [2.24, 2.45) is 6.98 Å². The van der Waals surface area contributed by atoms with E-state index >= 15 is 0 Å². The van der Waals surface area contributed by atoms with Crippen molar-refractivity contribution in [1.82, 2.24) is 14.8 Å². The number of hydrogen-bond donors (Lipinski definition) is 0. The third-order valence-corrected chi connectivity index (χ3v) is 0.764. The molecule has 38 valence electrons. The Morgan fingerprint density at radius 3 is 3.29 bits per heavy atom. The number of nitrogens with zero attached hydrogens (tertiary/aromatic N) is 3. The standard InChI is InChI=1S/C3H4ClN3/c1-7-3(4)5-2-6-7/h2H,1H3/i1D3. The molecule has 0 amide bonds. The van der Waals surface area contributed by atoms with Gasteiger partial charge in [-0.1, -0.05) is 0 Å². The first-order chi connectivity index (χ1) is 4.52. The maximum absolute atomic E-state index is 6.84. The minimum absolute atomic E-state index is 0.125. The van der Waals surface area contributed by atoms with Crippen molar-refractivity contribution < 1.29 is 4.11 Å². The summed E-state index contributed by atoms with van der Waals surface area (Å²) in [7, 11) is 0. The molecule has 0 unspecified atom stereocenters. The minimum atomic E-state index is -2.33. The Morgan fingerprint density at radius 2 is 3.00 bits per heavy atom. The number of aryl methyl sites for hydroxylation is 1. The molecule has 3 nitrogen and oxygen atoms in total. The number of hydrogen-bond acceptors (Lipinski definition) is 2. The summed E-state index contributed by atoms with van der Waals surface area (Å²) in [6.45, 7) is -2.33. The Morgan fingerprint density at radius 1 is 2.14 bits per heavy atom. The highest BCUT2D eigenvalue weighted by Gasteiger charge is 1.88. The molecule has 1 aromatic rings. The van der Waals surface area contributed by atoms with Crippen LogP contribution < -0.4 is 0 Å². The fourth-order valence-corrected chi connectivity index (χ4v) is 0.315. The van der Waals surface area contributed by atoms with Crippen molar-refractivity contribution in [2.75, 3.05) is 0 Å². The molecule has 7 heavy (non-hydrogen) atoms. The first-order valence-corrected chi connectivity index (χ1v) is 1.95. The summed E-state index contributed by atoms with van der Waals surface area (Å²) in [6.07, 6.45) is 1.09. The van der Waals surface area contributed by atoms with Gasteiger partial charge in [0.15, 0.2) is 0 Å². The number of aromatic nitrogens is 3. The summed E-state index contributed by atoms with van der Waals surface area (Å²) in [6, 6.07) is 0. The highest BCUT2D eigenvalue weighted by Crippen LogP contribution is 1.95. The third kappa shape index (κ3) is 0.718. The van der Waals surface area contributed by atoms with E-state index in [1.807, 2.05) is 0 Å². The van der Waals surface area contributed by atoms with E-state index in [1.165, 1.54) is 0 Å². The fourth-order valence-electron chi connectivity index (χ4n) is 0.227. The molecule has 4 heteroatoms. The second kappa shape index (κ2) is 1.50. The molecular formula is C3H4ClN3. The normalized spacial score (nSPS) is 17.6. The van der Waals surface area contributed by atoms with Gasteiger partial charge in [0.25, 0.3) is 0 Å². The Labute approximate surface area is 50.1 Å². The van der Waals surface area contributed by atoms with Gasteiger partial charge in [-0.25, -0.2) is 9.67 Å². The van der Waals surface area contributed by atoms with Gasteiger partial charge < -0.3 is 0 Å². The first kappa shape index (κ1) is 2.13. The Balaban J connectivity index is 3.05. The SMILES string of the molecule is [2H]C([2H])([2H])n1ncnc1Cl. The van der Waals surface area contributed by atoms with Crippen LogP contribution in [-0.2, 0) is 6.98 Å². The quantitative estimate of drug-likeness (QED) is 0.498. The summed E-state index contributed by atoms with van der Waals surface area (Å²) in [5.41, 5.74) is 0. The van der Waals surface area contributed by atoms with Crippen molar-refractivity contribution in [3.63, 3.8) is 0 Å². The van der Waals surface area contributed by atoms with Gasteiger partial charge in [0.2, 0.25) is 5.28 Å². The zero-order valence-corrected chi connectivity index (χ0v) is 4.05. The molecule has 0 saturated heterocycles. The maximum atomic E-state index is 6.84. The van der Waals surface area contributed by atoms with E-state index in [0.29, 0.717) is 4.68 Å². The van der Waals surface area contributed by atoms with E-state index in [0.717, 1.165) is 6.33 Å². The lowest BCUT2D eigenvalue weighted by Gasteiger charge is -1.82. The average molecular weight is 121 g/mol. The van der Waals surface area contributed by atoms with Crippen LogP contribution in [0, 0.1) is 0 Å². The molecule has 0 bridgehead atoms. The molecule has 0 aliphatic heterocycles.